The number of nitrogens with zero attached hydrogens (tertiary/aromatic N) is 1. The summed E-state index contributed by atoms with van der Waals surface area (Å²) < 4.78 is 5.92. The van der Waals surface area contributed by atoms with Crippen LogP contribution in [0.25, 0.3) is 0 Å². The summed E-state index contributed by atoms with van der Waals surface area (Å²) >= 11 is 5.40. The van der Waals surface area contributed by atoms with Crippen LogP contribution in [0, 0.1) is 11.3 Å². The van der Waals surface area contributed by atoms with Gasteiger partial charge in [0.2, 0.25) is 5.91 Å². The first-order chi connectivity index (χ1) is 11.0. The molecule has 4 nitrogen and oxygen atoms in total. The van der Waals surface area contributed by atoms with Crippen molar-refractivity contribution in [3.8, 4) is 0 Å². The first kappa shape index (κ1) is 18.1. The minimum atomic E-state index is -1.39. The third-order valence-electron chi connectivity index (χ3n) is 6.32. The van der Waals surface area contributed by atoms with Gasteiger partial charge in [0.05, 0.1) is 26.1 Å². The molecule has 2 aliphatic carbocycles. The Balaban J connectivity index is 1.79. The summed E-state index contributed by atoms with van der Waals surface area (Å²) in [4.78, 5) is 14.7. The van der Waals surface area contributed by atoms with Crippen molar-refractivity contribution >= 4 is 31.4 Å². The third kappa shape index (κ3) is 2.58. The van der Waals surface area contributed by atoms with Crippen LogP contribution in [-0.4, -0.2) is 46.9 Å². The molecule has 134 valence electrons. The molecule has 1 N–H and O–H groups in total. The predicted molar refractivity (Wildman–Crippen MR) is 101 cm³/mol. The highest BCUT2D eigenvalue weighted by Gasteiger charge is 2.72. The molecule has 3 rings (SSSR count). The molecule has 0 aromatic heterocycles. The molecule has 6 heteroatoms. The number of thiocarbonyl (C=S) groups is 1. The number of fused-ring (bicyclic) bond motifs is 1. The zero-order valence-electron chi connectivity index (χ0n) is 15.3. The normalized spacial score (nSPS) is 35.4. The van der Waals surface area contributed by atoms with Crippen LogP contribution in [0.1, 0.15) is 39.5 Å². The van der Waals surface area contributed by atoms with Gasteiger partial charge in [-0.1, -0.05) is 45.3 Å². The minimum Gasteiger partial charge on any atom is -0.465 e. The fourth-order valence-electron chi connectivity index (χ4n) is 4.96. The molecule has 4 atom stereocenters. The number of aliphatic hydroxyl groups is 1. The van der Waals surface area contributed by atoms with E-state index in [-0.39, 0.29) is 29.4 Å². The Labute approximate surface area is 151 Å². The lowest BCUT2D eigenvalue weighted by Gasteiger charge is -2.42. The van der Waals surface area contributed by atoms with Crippen LogP contribution < -0.4 is 0 Å². The first-order valence-corrected chi connectivity index (χ1v) is 12.9. The van der Waals surface area contributed by atoms with Gasteiger partial charge >= 0.3 is 0 Å². The molecular formula is C18H29NO3SSi. The van der Waals surface area contributed by atoms with Crippen molar-refractivity contribution in [1.29, 1.82) is 0 Å². The molecule has 0 aromatic rings. The molecule has 1 amide bonds. The van der Waals surface area contributed by atoms with E-state index in [1.165, 1.54) is 0 Å². The summed E-state index contributed by atoms with van der Waals surface area (Å²) in [5.41, 5.74) is 1.77. The lowest BCUT2D eigenvalue weighted by Crippen LogP contribution is -2.57. The Bertz CT molecular complexity index is 598. The average Bonchev–Trinajstić information content (AvgIpc) is 2.95. The van der Waals surface area contributed by atoms with Crippen LogP contribution in [0.2, 0.25) is 19.6 Å². The maximum atomic E-state index is 13.0. The van der Waals surface area contributed by atoms with Gasteiger partial charge in [-0.05, 0) is 42.8 Å². The summed E-state index contributed by atoms with van der Waals surface area (Å²) in [6.07, 6.45) is 4.16. The lowest BCUT2D eigenvalue weighted by atomic mass is 9.74. The SMILES string of the molecule is CC1(C)[C@@H]2CC[C@]13[C@@H](C2)OC(=S)N3C(=O)C[C@H](O)/C=C/[Si](C)(C)C. The van der Waals surface area contributed by atoms with E-state index in [0.29, 0.717) is 11.1 Å². The van der Waals surface area contributed by atoms with Gasteiger partial charge < -0.3 is 9.84 Å². The van der Waals surface area contributed by atoms with Crippen molar-refractivity contribution in [2.24, 2.45) is 11.3 Å². The number of hydrogen-bond acceptors (Lipinski definition) is 4. The van der Waals surface area contributed by atoms with E-state index in [4.69, 9.17) is 17.0 Å². The highest BCUT2D eigenvalue weighted by molar-refractivity contribution is 7.80. The number of ether oxygens (including phenoxy) is 1. The van der Waals surface area contributed by atoms with Crippen LogP contribution in [0.5, 0.6) is 0 Å². The molecule has 1 heterocycles. The molecule has 24 heavy (non-hydrogen) atoms. The maximum Gasteiger partial charge on any atom is 0.267 e. The fourth-order valence-corrected chi connectivity index (χ4v) is 6.14. The summed E-state index contributed by atoms with van der Waals surface area (Å²) in [6.45, 7) is 11.1. The van der Waals surface area contributed by atoms with E-state index in [2.05, 4.69) is 39.2 Å². The molecule has 1 spiro atoms. The summed E-state index contributed by atoms with van der Waals surface area (Å²) in [5, 5.41) is 10.6. The van der Waals surface area contributed by atoms with Crippen molar-refractivity contribution in [3.63, 3.8) is 0 Å². The number of hydrogen-bond donors (Lipinski definition) is 1. The van der Waals surface area contributed by atoms with Gasteiger partial charge in [0, 0.05) is 0 Å². The molecule has 1 saturated heterocycles. The van der Waals surface area contributed by atoms with Gasteiger partial charge in [0.15, 0.2) is 0 Å². The topological polar surface area (TPSA) is 49.8 Å². The standard InChI is InChI=1S/C18H29NO3SSi/c1-17(2)12-6-8-18(17)14(10-12)22-16(23)19(18)15(21)11-13(20)7-9-24(3,4)5/h7,9,12-14,20H,6,8,10-11H2,1-5H3/b9-7+/t12-,13-,14-,18+/m1/s1. The van der Waals surface area contributed by atoms with Gasteiger partial charge in [-0.2, -0.15) is 0 Å². The molecule has 0 unspecified atom stereocenters. The number of amides is 1. The minimum absolute atomic E-state index is 0.00695. The monoisotopic (exact) mass is 367 g/mol. The molecule has 3 aliphatic rings. The van der Waals surface area contributed by atoms with Gasteiger partial charge in [0.25, 0.3) is 5.17 Å². The van der Waals surface area contributed by atoms with E-state index in [1.54, 1.807) is 11.0 Å². The van der Waals surface area contributed by atoms with Crippen molar-refractivity contribution in [3.05, 3.63) is 11.8 Å². The smallest absolute Gasteiger partial charge is 0.267 e. The fraction of sp³-hybridized carbons (Fsp3) is 0.778. The highest BCUT2D eigenvalue weighted by Crippen LogP contribution is 2.65. The van der Waals surface area contributed by atoms with E-state index in [0.717, 1.165) is 19.3 Å². The van der Waals surface area contributed by atoms with Crippen LogP contribution in [0.3, 0.4) is 0 Å². The molecule has 0 aromatic carbocycles. The van der Waals surface area contributed by atoms with Gasteiger partial charge in [-0.25, -0.2) is 0 Å². The van der Waals surface area contributed by atoms with Gasteiger partial charge in [-0.3, -0.25) is 9.69 Å². The molecule has 2 bridgehead atoms. The predicted octanol–water partition coefficient (Wildman–Crippen LogP) is 3.26. The first-order valence-electron chi connectivity index (χ1n) is 8.90. The second kappa shape index (κ2) is 5.64. The largest absolute Gasteiger partial charge is 0.465 e. The van der Waals surface area contributed by atoms with Gasteiger partial charge in [0.1, 0.15) is 6.10 Å². The number of aliphatic hydroxyl groups excluding tert-OH is 1. The van der Waals surface area contributed by atoms with E-state index in [9.17, 15) is 9.90 Å². The van der Waals surface area contributed by atoms with Crippen LogP contribution in [0.15, 0.2) is 11.8 Å². The van der Waals surface area contributed by atoms with Crippen molar-refractivity contribution < 1.29 is 14.6 Å². The summed E-state index contributed by atoms with van der Waals surface area (Å²) in [5.74, 6) is 0.475. The molecule has 1 aliphatic heterocycles. The average molecular weight is 368 g/mol. The number of rotatable bonds is 4. The van der Waals surface area contributed by atoms with Crippen LogP contribution in [-0.2, 0) is 9.53 Å². The second-order valence-corrected chi connectivity index (χ2v) is 14.6. The maximum absolute atomic E-state index is 13.0. The zero-order chi connectivity index (χ0) is 17.9. The molecule has 3 fully saturated rings. The zero-order valence-corrected chi connectivity index (χ0v) is 17.2. The number of carbonyl (C=O) groups is 1. The lowest BCUT2D eigenvalue weighted by molar-refractivity contribution is -0.135. The van der Waals surface area contributed by atoms with Crippen LogP contribution >= 0.6 is 12.2 Å². The molecular weight excluding hydrogens is 338 g/mol. The Morgan fingerprint density at radius 1 is 1.50 bits per heavy atom. The van der Waals surface area contributed by atoms with E-state index < -0.39 is 14.2 Å². The Morgan fingerprint density at radius 3 is 2.75 bits per heavy atom. The van der Waals surface area contributed by atoms with Gasteiger partial charge in [-0.15, -0.1) is 0 Å². The van der Waals surface area contributed by atoms with Crippen molar-refractivity contribution in [1.82, 2.24) is 4.90 Å². The van der Waals surface area contributed by atoms with E-state index in [1.807, 2.05) is 0 Å². The van der Waals surface area contributed by atoms with Crippen LogP contribution in [0.4, 0.5) is 0 Å². The molecule has 2 saturated carbocycles. The summed E-state index contributed by atoms with van der Waals surface area (Å²) in [7, 11) is -1.39. The second-order valence-electron chi connectivity index (χ2n) is 9.22. The third-order valence-corrected chi connectivity index (χ3v) is 7.79. The van der Waals surface area contributed by atoms with Crippen molar-refractivity contribution in [2.75, 3.05) is 0 Å². The quantitative estimate of drug-likeness (QED) is 0.612. The Morgan fingerprint density at radius 2 is 2.17 bits per heavy atom. The van der Waals surface area contributed by atoms with E-state index >= 15 is 0 Å². The Hall–Kier alpha value is -0.723. The highest BCUT2D eigenvalue weighted by atomic mass is 32.1. The van der Waals surface area contributed by atoms with Crippen molar-refractivity contribution in [2.45, 2.75) is 76.9 Å². The Kier molecular flexibility index (Phi) is 4.25. The number of carbonyl (C=O) groups excluding carboxylic acids is 1. The summed E-state index contributed by atoms with van der Waals surface area (Å²) in [6, 6.07) is 0. The molecule has 0 radical (unpaired) electrons.